The number of carboxylic acids is 1. The van der Waals surface area contributed by atoms with Gasteiger partial charge in [-0.1, -0.05) is 24.4 Å². The van der Waals surface area contributed by atoms with Gasteiger partial charge in [0.2, 0.25) is 11.7 Å². The molecular weight excluding hydrogens is 272 g/mol. The second-order valence-electron chi connectivity index (χ2n) is 6.05. The largest absolute Gasteiger partial charge is 0.481 e. The van der Waals surface area contributed by atoms with Gasteiger partial charge in [-0.15, -0.1) is 0 Å². The van der Waals surface area contributed by atoms with Crippen LogP contribution >= 0.6 is 0 Å². The predicted molar refractivity (Wildman–Crippen MR) is 73.7 cm³/mol. The molecule has 0 bridgehead atoms. The minimum Gasteiger partial charge on any atom is -0.481 e. The summed E-state index contributed by atoms with van der Waals surface area (Å²) in [5.74, 6) is 0.232. The van der Waals surface area contributed by atoms with Crippen LogP contribution in [0, 0.1) is 11.8 Å². The van der Waals surface area contributed by atoms with Gasteiger partial charge in [-0.05, 0) is 32.1 Å². The Morgan fingerprint density at radius 3 is 2.81 bits per heavy atom. The lowest BCUT2D eigenvalue weighted by Gasteiger charge is -2.27. The number of ether oxygens (including phenoxy) is 1. The minimum absolute atomic E-state index is 0.114. The van der Waals surface area contributed by atoms with Crippen molar-refractivity contribution < 1.29 is 19.2 Å². The molecule has 2 aliphatic rings. The van der Waals surface area contributed by atoms with E-state index in [1.807, 2.05) is 6.92 Å². The molecule has 0 aromatic carbocycles. The highest BCUT2D eigenvalue weighted by atomic mass is 16.5. The van der Waals surface area contributed by atoms with Gasteiger partial charge >= 0.3 is 5.97 Å². The summed E-state index contributed by atoms with van der Waals surface area (Å²) in [6, 6.07) is 0. The molecule has 0 saturated heterocycles. The summed E-state index contributed by atoms with van der Waals surface area (Å²) >= 11 is 0. The molecule has 3 rings (SSSR count). The second-order valence-corrected chi connectivity index (χ2v) is 6.05. The lowest BCUT2D eigenvalue weighted by molar-refractivity contribution is -0.138. The van der Waals surface area contributed by atoms with Crippen molar-refractivity contribution in [3.8, 4) is 0 Å². The normalized spacial score (nSPS) is 27.5. The maximum atomic E-state index is 10.9. The van der Waals surface area contributed by atoms with Gasteiger partial charge in [0.25, 0.3) is 0 Å². The lowest BCUT2D eigenvalue weighted by Crippen LogP contribution is -2.20. The van der Waals surface area contributed by atoms with Gasteiger partial charge in [0.1, 0.15) is 6.10 Å². The molecule has 1 heterocycles. The zero-order valence-corrected chi connectivity index (χ0v) is 12.3. The van der Waals surface area contributed by atoms with Gasteiger partial charge in [0.05, 0.1) is 11.8 Å². The molecule has 3 unspecified atom stereocenters. The van der Waals surface area contributed by atoms with E-state index in [0.717, 1.165) is 12.8 Å². The van der Waals surface area contributed by atoms with Crippen molar-refractivity contribution in [2.24, 2.45) is 11.8 Å². The van der Waals surface area contributed by atoms with Crippen molar-refractivity contribution in [3.63, 3.8) is 0 Å². The van der Waals surface area contributed by atoms with E-state index in [-0.39, 0.29) is 17.9 Å². The van der Waals surface area contributed by atoms with E-state index < -0.39 is 5.97 Å². The molecule has 116 valence electrons. The van der Waals surface area contributed by atoms with Gasteiger partial charge in [-0.25, -0.2) is 0 Å². The Labute approximate surface area is 123 Å². The van der Waals surface area contributed by atoms with Crippen LogP contribution in [0.25, 0.3) is 0 Å². The number of hydrogen-bond acceptors (Lipinski definition) is 5. The van der Waals surface area contributed by atoms with Crippen LogP contribution in [0.5, 0.6) is 0 Å². The molecule has 0 amide bonds. The highest BCUT2D eigenvalue weighted by Crippen LogP contribution is 2.47. The van der Waals surface area contributed by atoms with E-state index in [0.29, 0.717) is 30.7 Å². The summed E-state index contributed by atoms with van der Waals surface area (Å²) in [6.45, 7) is 2.59. The monoisotopic (exact) mass is 294 g/mol. The zero-order valence-electron chi connectivity index (χ0n) is 12.3. The van der Waals surface area contributed by atoms with Crippen molar-refractivity contribution in [2.45, 2.75) is 57.5 Å². The third kappa shape index (κ3) is 3.10. The fraction of sp³-hybridized carbons (Fsp3) is 0.800. The molecule has 2 fully saturated rings. The van der Waals surface area contributed by atoms with Gasteiger partial charge < -0.3 is 14.4 Å². The SMILES string of the molecule is CCOC(c1noc(C2CC2C(=O)O)n1)C1CCCCC1. The van der Waals surface area contributed by atoms with Crippen molar-refractivity contribution in [3.05, 3.63) is 11.7 Å². The molecule has 0 aliphatic heterocycles. The van der Waals surface area contributed by atoms with Gasteiger partial charge in [0, 0.05) is 6.61 Å². The van der Waals surface area contributed by atoms with Gasteiger partial charge in [0.15, 0.2) is 0 Å². The molecule has 21 heavy (non-hydrogen) atoms. The number of aliphatic carboxylic acids is 1. The van der Waals surface area contributed by atoms with Gasteiger partial charge in [-0.2, -0.15) is 4.98 Å². The first-order chi connectivity index (χ1) is 10.2. The van der Waals surface area contributed by atoms with Crippen LogP contribution in [-0.2, 0) is 9.53 Å². The summed E-state index contributed by atoms with van der Waals surface area (Å²) in [5, 5.41) is 13.0. The maximum Gasteiger partial charge on any atom is 0.307 e. The number of nitrogens with zero attached hydrogens (tertiary/aromatic N) is 2. The van der Waals surface area contributed by atoms with Crippen molar-refractivity contribution in [1.82, 2.24) is 10.1 Å². The van der Waals surface area contributed by atoms with E-state index >= 15 is 0 Å². The molecule has 3 atom stereocenters. The average Bonchev–Trinajstić information content (AvgIpc) is 3.17. The fourth-order valence-electron chi connectivity index (χ4n) is 3.29. The first-order valence-corrected chi connectivity index (χ1v) is 7.88. The van der Waals surface area contributed by atoms with Crippen LogP contribution in [-0.4, -0.2) is 27.8 Å². The molecule has 2 aliphatic carbocycles. The summed E-state index contributed by atoms with van der Waals surface area (Å²) in [4.78, 5) is 15.4. The molecule has 6 heteroatoms. The van der Waals surface area contributed by atoms with Gasteiger partial charge in [-0.3, -0.25) is 4.79 Å². The third-order valence-electron chi connectivity index (χ3n) is 4.56. The summed E-state index contributed by atoms with van der Waals surface area (Å²) in [6.07, 6.45) is 6.49. The number of carbonyl (C=O) groups is 1. The summed E-state index contributed by atoms with van der Waals surface area (Å²) in [7, 11) is 0. The van der Waals surface area contributed by atoms with Crippen LogP contribution in [0.15, 0.2) is 4.52 Å². The molecule has 1 aromatic rings. The van der Waals surface area contributed by atoms with E-state index in [9.17, 15) is 4.79 Å². The maximum absolute atomic E-state index is 10.9. The molecule has 0 spiro atoms. The molecular formula is C15H22N2O4. The highest BCUT2D eigenvalue weighted by molar-refractivity contribution is 5.74. The Bertz CT molecular complexity index is 496. The van der Waals surface area contributed by atoms with Crippen LogP contribution < -0.4 is 0 Å². The quantitative estimate of drug-likeness (QED) is 0.868. The second kappa shape index (κ2) is 6.13. The van der Waals surface area contributed by atoms with Crippen molar-refractivity contribution in [1.29, 1.82) is 0 Å². The smallest absolute Gasteiger partial charge is 0.307 e. The first-order valence-electron chi connectivity index (χ1n) is 7.88. The highest BCUT2D eigenvalue weighted by Gasteiger charge is 2.48. The summed E-state index contributed by atoms with van der Waals surface area (Å²) < 4.78 is 11.1. The van der Waals surface area contributed by atoms with E-state index in [1.165, 1.54) is 19.3 Å². The number of carboxylic acid groups (broad SMARTS) is 1. The zero-order chi connectivity index (χ0) is 14.8. The number of aromatic nitrogens is 2. The topological polar surface area (TPSA) is 85.5 Å². The predicted octanol–water partition coefficient (Wildman–Crippen LogP) is 2.92. The van der Waals surface area contributed by atoms with E-state index in [1.54, 1.807) is 0 Å². The van der Waals surface area contributed by atoms with Crippen LogP contribution in [0.3, 0.4) is 0 Å². The average molecular weight is 294 g/mol. The Morgan fingerprint density at radius 2 is 2.19 bits per heavy atom. The number of rotatable bonds is 6. The van der Waals surface area contributed by atoms with Crippen molar-refractivity contribution >= 4 is 5.97 Å². The Kier molecular flexibility index (Phi) is 4.24. The Hall–Kier alpha value is -1.43. The summed E-state index contributed by atoms with van der Waals surface area (Å²) in [5.41, 5.74) is 0. The van der Waals surface area contributed by atoms with Crippen LogP contribution in [0.4, 0.5) is 0 Å². The van der Waals surface area contributed by atoms with E-state index in [4.69, 9.17) is 14.4 Å². The van der Waals surface area contributed by atoms with Crippen LogP contribution in [0.2, 0.25) is 0 Å². The van der Waals surface area contributed by atoms with Crippen LogP contribution in [0.1, 0.15) is 69.2 Å². The molecule has 2 saturated carbocycles. The third-order valence-corrected chi connectivity index (χ3v) is 4.56. The molecule has 0 radical (unpaired) electrons. The molecule has 1 N–H and O–H groups in total. The lowest BCUT2D eigenvalue weighted by atomic mass is 9.85. The first kappa shape index (κ1) is 14.5. The van der Waals surface area contributed by atoms with E-state index in [2.05, 4.69) is 10.1 Å². The fourth-order valence-corrected chi connectivity index (χ4v) is 3.29. The Balaban J connectivity index is 1.71. The Morgan fingerprint density at radius 1 is 1.43 bits per heavy atom. The molecule has 1 aromatic heterocycles. The minimum atomic E-state index is -0.784. The van der Waals surface area contributed by atoms with Crippen molar-refractivity contribution in [2.75, 3.05) is 6.61 Å². The number of hydrogen-bond donors (Lipinski definition) is 1. The molecule has 6 nitrogen and oxygen atoms in total. The standard InChI is InChI=1S/C15H22N2O4/c1-2-20-12(9-6-4-3-5-7-9)13-16-14(21-17-13)10-8-11(10)15(18)19/h9-12H,2-8H2,1H3,(H,18,19).